The molecule has 8 heteroatoms. The van der Waals surface area contributed by atoms with Gasteiger partial charge in [0, 0.05) is 20.7 Å². The lowest BCUT2D eigenvalue weighted by Crippen LogP contribution is -2.44. The highest BCUT2D eigenvalue weighted by atomic mass is 79.9. The van der Waals surface area contributed by atoms with Gasteiger partial charge in [-0.05, 0) is 48.6 Å². The number of carbonyl (C=O) groups is 1. The number of hydrogen-bond acceptors (Lipinski definition) is 2. The van der Waals surface area contributed by atoms with Gasteiger partial charge >= 0.3 is 0 Å². The molecule has 3 N–H and O–H groups in total. The van der Waals surface area contributed by atoms with Gasteiger partial charge in [-0.1, -0.05) is 33.6 Å². The van der Waals surface area contributed by atoms with Gasteiger partial charge in [-0.3, -0.25) is 15.6 Å². The van der Waals surface area contributed by atoms with Crippen LogP contribution in [0.25, 0.3) is 0 Å². The second kappa shape index (κ2) is 8.24. The van der Waals surface area contributed by atoms with E-state index >= 15 is 0 Å². The Balaban J connectivity index is 1.84. The van der Waals surface area contributed by atoms with E-state index in [0.29, 0.717) is 0 Å². The van der Waals surface area contributed by atoms with Crippen molar-refractivity contribution in [3.63, 3.8) is 0 Å². The molecule has 0 spiro atoms. The third-order valence-electron chi connectivity index (χ3n) is 2.82. The van der Waals surface area contributed by atoms with Crippen LogP contribution in [0.15, 0.2) is 46.9 Å². The van der Waals surface area contributed by atoms with Crippen LogP contribution in [-0.4, -0.2) is 11.0 Å². The molecule has 0 aliphatic carbocycles. The zero-order chi connectivity index (χ0) is 16.8. The molecular formula is C15H12BrClFN3OS. The summed E-state index contributed by atoms with van der Waals surface area (Å²) in [5.74, 6) is -0.986. The number of amides is 1. The number of nitrogens with one attached hydrogen (secondary N) is 3. The molecule has 0 saturated heterocycles. The maximum absolute atomic E-state index is 13.6. The molecule has 4 nitrogen and oxygen atoms in total. The van der Waals surface area contributed by atoms with Crippen molar-refractivity contribution in [3.05, 3.63) is 63.3 Å². The van der Waals surface area contributed by atoms with E-state index in [4.69, 9.17) is 23.8 Å². The Labute approximate surface area is 151 Å². The number of hydrogen-bond donors (Lipinski definition) is 3. The number of anilines is 1. The van der Waals surface area contributed by atoms with Gasteiger partial charge < -0.3 is 5.32 Å². The lowest BCUT2D eigenvalue weighted by atomic mass is 10.1. The molecule has 0 aromatic heterocycles. The molecule has 2 aromatic rings. The summed E-state index contributed by atoms with van der Waals surface area (Å²) in [6.45, 7) is 0. The van der Waals surface area contributed by atoms with Crippen LogP contribution in [0.2, 0.25) is 5.02 Å². The molecule has 0 heterocycles. The topological polar surface area (TPSA) is 53.2 Å². The van der Waals surface area contributed by atoms with Crippen molar-refractivity contribution in [3.8, 4) is 0 Å². The molecular weight excluding hydrogens is 405 g/mol. The molecule has 0 unspecified atom stereocenters. The summed E-state index contributed by atoms with van der Waals surface area (Å²) < 4.78 is 14.5. The number of benzene rings is 2. The Morgan fingerprint density at radius 3 is 2.52 bits per heavy atom. The fourth-order valence-corrected chi connectivity index (χ4v) is 2.39. The number of hydrazine groups is 1. The number of carbonyl (C=O) groups excluding carboxylic acids is 1. The summed E-state index contributed by atoms with van der Waals surface area (Å²) in [5.41, 5.74) is 5.84. The van der Waals surface area contributed by atoms with Crippen LogP contribution < -0.4 is 16.2 Å². The first-order valence-corrected chi connectivity index (χ1v) is 8.08. The molecule has 0 bridgehead atoms. The minimum atomic E-state index is -0.525. The fraction of sp³-hybridized carbons (Fsp3) is 0.0667. The highest BCUT2D eigenvalue weighted by molar-refractivity contribution is 9.10. The average Bonchev–Trinajstić information content (AvgIpc) is 2.51. The summed E-state index contributed by atoms with van der Waals surface area (Å²) in [6.07, 6.45) is -0.195. The van der Waals surface area contributed by atoms with Crippen molar-refractivity contribution in [2.75, 3.05) is 5.32 Å². The second-order valence-electron chi connectivity index (χ2n) is 4.51. The lowest BCUT2D eigenvalue weighted by molar-refractivity contribution is -0.121. The highest BCUT2D eigenvalue weighted by Gasteiger charge is 2.11. The Morgan fingerprint density at radius 1 is 1.17 bits per heavy atom. The normalized spacial score (nSPS) is 10.0. The van der Waals surface area contributed by atoms with E-state index in [2.05, 4.69) is 32.1 Å². The number of halogens is 3. The average molecular weight is 417 g/mol. The van der Waals surface area contributed by atoms with E-state index in [-0.39, 0.29) is 22.1 Å². The van der Waals surface area contributed by atoms with E-state index in [0.717, 1.165) is 10.2 Å². The third-order valence-corrected chi connectivity index (χ3v) is 3.90. The van der Waals surface area contributed by atoms with Crippen LogP contribution in [0.3, 0.4) is 0 Å². The predicted molar refractivity (Wildman–Crippen MR) is 96.8 cm³/mol. The summed E-state index contributed by atoms with van der Waals surface area (Å²) in [4.78, 5) is 11.8. The van der Waals surface area contributed by atoms with E-state index < -0.39 is 11.7 Å². The van der Waals surface area contributed by atoms with Crippen molar-refractivity contribution in [2.45, 2.75) is 6.42 Å². The molecule has 0 radical (unpaired) electrons. The van der Waals surface area contributed by atoms with Gasteiger partial charge in [-0.2, -0.15) is 0 Å². The monoisotopic (exact) mass is 415 g/mol. The van der Waals surface area contributed by atoms with Gasteiger partial charge in [0.2, 0.25) is 5.91 Å². The fourth-order valence-electron chi connectivity index (χ4n) is 1.73. The molecule has 0 atom stereocenters. The zero-order valence-electron chi connectivity index (χ0n) is 11.7. The largest absolute Gasteiger partial charge is 0.331 e. The van der Waals surface area contributed by atoms with Crippen LogP contribution in [0.4, 0.5) is 10.1 Å². The molecule has 23 heavy (non-hydrogen) atoms. The van der Waals surface area contributed by atoms with Gasteiger partial charge in [-0.25, -0.2) is 4.39 Å². The van der Waals surface area contributed by atoms with E-state index in [1.165, 1.54) is 18.2 Å². The van der Waals surface area contributed by atoms with E-state index in [1.54, 1.807) is 0 Å². The van der Waals surface area contributed by atoms with Crippen molar-refractivity contribution < 1.29 is 9.18 Å². The third kappa shape index (κ3) is 5.46. The lowest BCUT2D eigenvalue weighted by Gasteiger charge is -2.12. The summed E-state index contributed by atoms with van der Waals surface area (Å²) >= 11 is 14.3. The van der Waals surface area contributed by atoms with Gasteiger partial charge in [-0.15, -0.1) is 0 Å². The minimum absolute atomic E-state index is 0.139. The molecule has 0 fully saturated rings. The summed E-state index contributed by atoms with van der Waals surface area (Å²) in [6, 6.07) is 11.6. The molecule has 0 aliphatic heterocycles. The Morgan fingerprint density at radius 2 is 1.87 bits per heavy atom. The first-order valence-electron chi connectivity index (χ1n) is 6.50. The van der Waals surface area contributed by atoms with E-state index in [9.17, 15) is 9.18 Å². The zero-order valence-corrected chi connectivity index (χ0v) is 14.9. The molecule has 1 amide bonds. The van der Waals surface area contributed by atoms with Crippen molar-refractivity contribution in [1.29, 1.82) is 0 Å². The number of thiocarbonyl (C=S) groups is 1. The standard InChI is InChI=1S/C15H12BrClFN3OS/c16-9-4-6-10(7-5-9)19-15(23)21-20-14(22)8-11-12(17)2-1-3-13(11)18/h1-7H,8H2,(H,20,22)(H2,19,21,23). The van der Waals surface area contributed by atoms with Gasteiger partial charge in [0.05, 0.1) is 6.42 Å². The quantitative estimate of drug-likeness (QED) is 0.526. The van der Waals surface area contributed by atoms with Crippen molar-refractivity contribution in [1.82, 2.24) is 10.9 Å². The van der Waals surface area contributed by atoms with Crippen LogP contribution in [0, 0.1) is 5.82 Å². The molecule has 2 aromatic carbocycles. The second-order valence-corrected chi connectivity index (χ2v) is 6.24. The number of rotatable bonds is 3. The minimum Gasteiger partial charge on any atom is -0.331 e. The van der Waals surface area contributed by atoms with Crippen molar-refractivity contribution in [2.24, 2.45) is 0 Å². The van der Waals surface area contributed by atoms with Crippen LogP contribution in [0.1, 0.15) is 5.56 Å². The first kappa shape index (κ1) is 17.7. The highest BCUT2D eigenvalue weighted by Crippen LogP contribution is 2.19. The maximum atomic E-state index is 13.6. The van der Waals surface area contributed by atoms with Crippen molar-refractivity contribution >= 4 is 56.5 Å². The Kier molecular flexibility index (Phi) is 6.32. The SMILES string of the molecule is O=C(Cc1c(F)cccc1Cl)NNC(=S)Nc1ccc(Br)cc1. The molecule has 0 aliphatic rings. The molecule has 2 rings (SSSR count). The van der Waals surface area contributed by atoms with Gasteiger partial charge in [0.25, 0.3) is 0 Å². The Hall–Kier alpha value is -1.70. The van der Waals surface area contributed by atoms with Crippen LogP contribution in [-0.2, 0) is 11.2 Å². The molecule has 120 valence electrons. The maximum Gasteiger partial charge on any atom is 0.242 e. The van der Waals surface area contributed by atoms with Gasteiger partial charge in [0.15, 0.2) is 5.11 Å². The van der Waals surface area contributed by atoms with Gasteiger partial charge in [0.1, 0.15) is 5.82 Å². The summed E-state index contributed by atoms with van der Waals surface area (Å²) in [5, 5.41) is 3.31. The van der Waals surface area contributed by atoms with E-state index in [1.807, 2.05) is 24.3 Å². The summed E-state index contributed by atoms with van der Waals surface area (Å²) in [7, 11) is 0. The van der Waals surface area contributed by atoms with Crippen LogP contribution >= 0.6 is 39.7 Å². The van der Waals surface area contributed by atoms with Crippen LogP contribution in [0.5, 0.6) is 0 Å². The smallest absolute Gasteiger partial charge is 0.242 e. The Bertz CT molecular complexity index is 707. The molecule has 0 saturated carbocycles. The first-order chi connectivity index (χ1) is 11.0. The predicted octanol–water partition coefficient (Wildman–Crippen LogP) is 3.80.